The summed E-state index contributed by atoms with van der Waals surface area (Å²) in [7, 11) is -2.73. The van der Waals surface area contributed by atoms with Crippen LogP contribution in [-0.4, -0.2) is 23.3 Å². The molecule has 14 heavy (non-hydrogen) atoms. The molecule has 0 unspecified atom stereocenters. The molecule has 0 aromatic carbocycles. The number of isocyanates is 1. The third-order valence-corrected chi connectivity index (χ3v) is 3.75. The third kappa shape index (κ3) is 14.1. The molecule has 0 radical (unpaired) electrons. The molecule has 0 aliphatic carbocycles. The summed E-state index contributed by atoms with van der Waals surface area (Å²) in [6, 6.07) is 0. The lowest BCUT2D eigenvalue weighted by Gasteiger charge is -2.09. The Balaban J connectivity index is 0. The molecule has 84 valence electrons. The topological polar surface area (TPSA) is 78.2 Å². The Kier molecular flexibility index (Phi) is 12.2. The summed E-state index contributed by atoms with van der Waals surface area (Å²) >= 11 is 0. The maximum Gasteiger partial charge on any atom is 0.231 e. The first-order chi connectivity index (χ1) is 6.54. The van der Waals surface area contributed by atoms with Gasteiger partial charge in [-0.25, -0.2) is 10.2 Å². The van der Waals surface area contributed by atoms with E-state index in [0.29, 0.717) is 12.3 Å². The van der Waals surface area contributed by atoms with E-state index >= 15 is 0 Å². The summed E-state index contributed by atoms with van der Waals surface area (Å²) in [5.74, 6) is 0. The molecular weight excluding hydrogens is 201 g/mol. The lowest BCUT2D eigenvalue weighted by Crippen LogP contribution is -1.93. The third-order valence-electron chi connectivity index (χ3n) is 1.72. The van der Waals surface area contributed by atoms with Gasteiger partial charge in [0.2, 0.25) is 13.4 Å². The molecule has 2 N–H and O–H groups in total. The standard InChI is InChI=1S/C8H19O2P.CHNO/c1-3-5-7-11(9,10)8-6-4-2;2-1-3/h3-8H2,1-2H3,(H,9,10);2H. The lowest BCUT2D eigenvalue weighted by molar-refractivity contribution is 0.473. The van der Waals surface area contributed by atoms with Crippen LogP contribution < -0.4 is 0 Å². The van der Waals surface area contributed by atoms with Crippen LogP contribution in [0.3, 0.4) is 0 Å². The molecule has 0 saturated heterocycles. The summed E-state index contributed by atoms with van der Waals surface area (Å²) < 4.78 is 11.3. The van der Waals surface area contributed by atoms with Crippen molar-refractivity contribution in [2.75, 3.05) is 12.3 Å². The van der Waals surface area contributed by atoms with E-state index in [1.165, 1.54) is 0 Å². The van der Waals surface area contributed by atoms with Gasteiger partial charge in [0, 0.05) is 12.3 Å². The molecule has 5 heteroatoms. The predicted octanol–water partition coefficient (Wildman–Crippen LogP) is 2.76. The van der Waals surface area contributed by atoms with Gasteiger partial charge in [0.05, 0.1) is 0 Å². The van der Waals surface area contributed by atoms with Crippen molar-refractivity contribution in [3.63, 3.8) is 0 Å². The molecule has 0 aromatic rings. The van der Waals surface area contributed by atoms with Gasteiger partial charge >= 0.3 is 0 Å². The summed E-state index contributed by atoms with van der Waals surface area (Å²) in [6.45, 7) is 4.08. The fourth-order valence-corrected chi connectivity index (χ4v) is 2.77. The van der Waals surface area contributed by atoms with Crippen molar-refractivity contribution in [2.24, 2.45) is 0 Å². The van der Waals surface area contributed by atoms with E-state index in [2.05, 4.69) is 0 Å². The molecule has 0 fully saturated rings. The smallest absolute Gasteiger partial charge is 0.231 e. The van der Waals surface area contributed by atoms with Crippen molar-refractivity contribution in [1.82, 2.24) is 0 Å². The Bertz CT molecular complexity index is 188. The molecule has 0 bridgehead atoms. The first-order valence-electron chi connectivity index (χ1n) is 4.88. The summed E-state index contributed by atoms with van der Waals surface area (Å²) in [5.41, 5.74) is 0. The first-order valence-corrected chi connectivity index (χ1v) is 6.91. The van der Waals surface area contributed by atoms with Gasteiger partial charge in [-0.2, -0.15) is 0 Å². The minimum Gasteiger partial charge on any atom is -0.344 e. The second-order valence-corrected chi connectivity index (χ2v) is 5.69. The van der Waals surface area contributed by atoms with Gasteiger partial charge in [-0.1, -0.05) is 26.7 Å². The minimum absolute atomic E-state index is 0.517. The van der Waals surface area contributed by atoms with Gasteiger partial charge in [0.15, 0.2) is 0 Å². The van der Waals surface area contributed by atoms with Crippen molar-refractivity contribution in [3.8, 4) is 0 Å². The highest BCUT2D eigenvalue weighted by atomic mass is 31.2. The van der Waals surface area contributed by atoms with Gasteiger partial charge in [-0.3, -0.25) is 4.57 Å². The van der Waals surface area contributed by atoms with E-state index in [0.717, 1.165) is 31.8 Å². The number of hydrogen-bond donors (Lipinski definition) is 2. The van der Waals surface area contributed by atoms with Crippen LogP contribution in [0.4, 0.5) is 0 Å². The van der Waals surface area contributed by atoms with Crippen LogP contribution in [0.5, 0.6) is 0 Å². The molecular formula is C9H20NO3P. The van der Waals surface area contributed by atoms with Gasteiger partial charge in [0.25, 0.3) is 0 Å². The number of unbranched alkanes of at least 4 members (excludes halogenated alkanes) is 2. The Morgan fingerprint density at radius 2 is 1.50 bits per heavy atom. The van der Waals surface area contributed by atoms with Crippen molar-refractivity contribution < 1.29 is 14.3 Å². The van der Waals surface area contributed by atoms with Crippen LogP contribution in [0.2, 0.25) is 0 Å². The van der Waals surface area contributed by atoms with Gasteiger partial charge in [-0.05, 0) is 12.8 Å². The van der Waals surface area contributed by atoms with E-state index in [9.17, 15) is 9.46 Å². The van der Waals surface area contributed by atoms with Crippen LogP contribution >= 0.6 is 7.37 Å². The van der Waals surface area contributed by atoms with Crippen molar-refractivity contribution >= 4 is 13.4 Å². The van der Waals surface area contributed by atoms with Gasteiger partial charge in [0.1, 0.15) is 0 Å². The zero-order chi connectivity index (χ0) is 11.4. The van der Waals surface area contributed by atoms with Crippen molar-refractivity contribution in [3.05, 3.63) is 0 Å². The average molecular weight is 221 g/mol. The van der Waals surface area contributed by atoms with Crippen LogP contribution in [0, 0.1) is 5.41 Å². The molecule has 0 atom stereocenters. The SMILES string of the molecule is CCCCP(=O)(O)CCCC.N=C=O. The highest BCUT2D eigenvalue weighted by Gasteiger charge is 2.15. The summed E-state index contributed by atoms with van der Waals surface area (Å²) in [5, 5.41) is 5.40. The fraction of sp³-hybridized carbons (Fsp3) is 0.889. The fourth-order valence-electron chi connectivity index (χ4n) is 0.922. The van der Waals surface area contributed by atoms with Crippen LogP contribution in [0.15, 0.2) is 0 Å². The molecule has 0 aliphatic heterocycles. The van der Waals surface area contributed by atoms with E-state index in [-0.39, 0.29) is 0 Å². The van der Waals surface area contributed by atoms with Gasteiger partial charge < -0.3 is 4.89 Å². The maximum absolute atomic E-state index is 11.3. The number of carbonyl (C=O) groups excluding carboxylic acids is 1. The maximum atomic E-state index is 11.3. The second kappa shape index (κ2) is 10.6. The van der Waals surface area contributed by atoms with E-state index < -0.39 is 7.37 Å². The van der Waals surface area contributed by atoms with E-state index in [4.69, 9.17) is 10.2 Å². The van der Waals surface area contributed by atoms with Gasteiger partial charge in [-0.15, -0.1) is 0 Å². The lowest BCUT2D eigenvalue weighted by atomic mass is 10.4. The first kappa shape index (κ1) is 16.0. The highest BCUT2D eigenvalue weighted by molar-refractivity contribution is 7.57. The Labute approximate surface area is 85.7 Å². The Hall–Kier alpha value is -0.430. The summed E-state index contributed by atoms with van der Waals surface area (Å²) in [6.07, 6.45) is 5.58. The average Bonchev–Trinajstić information content (AvgIpc) is 2.13. The zero-order valence-electron chi connectivity index (χ0n) is 8.95. The Morgan fingerprint density at radius 1 is 1.21 bits per heavy atom. The molecule has 0 heterocycles. The summed E-state index contributed by atoms with van der Waals surface area (Å²) in [4.78, 5) is 17.7. The minimum atomic E-state index is -2.73. The quantitative estimate of drug-likeness (QED) is 0.411. The molecule has 0 saturated carbocycles. The monoisotopic (exact) mass is 221 g/mol. The normalized spacial score (nSPS) is 9.93. The van der Waals surface area contributed by atoms with Crippen LogP contribution in [-0.2, 0) is 9.36 Å². The van der Waals surface area contributed by atoms with Crippen LogP contribution in [0.25, 0.3) is 0 Å². The number of rotatable bonds is 6. The molecule has 4 nitrogen and oxygen atoms in total. The van der Waals surface area contributed by atoms with Crippen LogP contribution in [0.1, 0.15) is 39.5 Å². The highest BCUT2D eigenvalue weighted by Crippen LogP contribution is 2.42. The second-order valence-electron chi connectivity index (χ2n) is 3.10. The largest absolute Gasteiger partial charge is 0.344 e. The zero-order valence-corrected chi connectivity index (χ0v) is 9.85. The Morgan fingerprint density at radius 3 is 1.71 bits per heavy atom. The number of nitrogens with one attached hydrogen (secondary N) is 1. The molecule has 0 aromatic heterocycles. The van der Waals surface area contributed by atoms with E-state index in [1.807, 2.05) is 13.8 Å². The van der Waals surface area contributed by atoms with E-state index in [1.54, 1.807) is 0 Å². The molecule has 0 spiro atoms. The predicted molar refractivity (Wildman–Crippen MR) is 57.8 cm³/mol. The number of hydrogen-bond acceptors (Lipinski definition) is 3. The molecule has 0 rings (SSSR count). The molecule has 0 aliphatic rings. The molecule has 0 amide bonds. The van der Waals surface area contributed by atoms with Crippen molar-refractivity contribution in [1.29, 1.82) is 5.41 Å². The van der Waals surface area contributed by atoms with Crippen molar-refractivity contribution in [2.45, 2.75) is 39.5 Å².